The van der Waals surface area contributed by atoms with Crippen molar-refractivity contribution in [1.29, 1.82) is 0 Å². The van der Waals surface area contributed by atoms with Gasteiger partial charge in [-0.1, -0.05) is 0 Å². The van der Waals surface area contributed by atoms with Crippen LogP contribution in [0.2, 0.25) is 0 Å². The van der Waals surface area contributed by atoms with E-state index >= 15 is 0 Å². The topological polar surface area (TPSA) is 15.6 Å². The molecule has 0 amide bonds. The van der Waals surface area contributed by atoms with E-state index in [9.17, 15) is 30.7 Å². The van der Waals surface area contributed by atoms with Crippen LogP contribution < -0.4 is 4.90 Å². The molecule has 1 aliphatic rings. The first-order valence-corrected chi connectivity index (χ1v) is 9.95. The third-order valence-corrected chi connectivity index (χ3v) is 5.71. The molecule has 0 atom stereocenters. The van der Waals surface area contributed by atoms with Gasteiger partial charge in [0, 0.05) is 23.5 Å². The van der Waals surface area contributed by atoms with E-state index in [-0.39, 0.29) is 10.6 Å². The average Bonchev–Trinajstić information content (AvgIpc) is 3.10. The maximum absolute atomic E-state index is 14.4. The normalized spacial score (nSPS) is 16.5. The molecule has 0 aliphatic carbocycles. The van der Waals surface area contributed by atoms with E-state index < -0.39 is 29.5 Å². The van der Waals surface area contributed by atoms with E-state index in [4.69, 9.17) is 0 Å². The molecule has 3 rings (SSSR count). The van der Waals surface area contributed by atoms with E-state index in [0.29, 0.717) is 48.2 Å². The first-order chi connectivity index (χ1) is 13.9. The second kappa shape index (κ2) is 8.49. The molecule has 0 N–H and O–H groups in total. The molecule has 0 spiro atoms. The highest BCUT2D eigenvalue weighted by atomic mass is 32.2. The Kier molecular flexibility index (Phi) is 6.35. The van der Waals surface area contributed by atoms with Crippen LogP contribution in [0.5, 0.6) is 0 Å². The molecule has 1 aliphatic heterocycles. The Labute approximate surface area is 172 Å². The predicted molar refractivity (Wildman–Crippen MR) is 103 cm³/mol. The van der Waals surface area contributed by atoms with Gasteiger partial charge in [-0.25, -0.2) is 9.38 Å². The third kappa shape index (κ3) is 5.47. The third-order valence-electron chi connectivity index (χ3n) is 4.49. The number of alkyl halides is 6. The summed E-state index contributed by atoms with van der Waals surface area (Å²) in [4.78, 5) is 6.24. The molecular formula is C20H17F7N2S. The molecule has 2 aromatic carbocycles. The molecule has 0 saturated carbocycles. The van der Waals surface area contributed by atoms with E-state index in [1.54, 1.807) is 4.90 Å². The number of anilines is 1. The summed E-state index contributed by atoms with van der Waals surface area (Å²) in [6.45, 7) is 2.01. The lowest BCUT2D eigenvalue weighted by molar-refractivity contribution is -0.137. The molecular weight excluding hydrogens is 433 g/mol. The van der Waals surface area contributed by atoms with Crippen molar-refractivity contribution in [1.82, 2.24) is 0 Å². The van der Waals surface area contributed by atoms with Crippen LogP contribution in [0.4, 0.5) is 42.1 Å². The van der Waals surface area contributed by atoms with Crippen molar-refractivity contribution in [2.75, 3.05) is 17.2 Å². The van der Waals surface area contributed by atoms with Crippen LogP contribution in [0.3, 0.4) is 0 Å². The average molecular weight is 450 g/mol. The maximum atomic E-state index is 14.4. The van der Waals surface area contributed by atoms with Gasteiger partial charge in [0.2, 0.25) is 0 Å². The van der Waals surface area contributed by atoms with Gasteiger partial charge in [-0.3, -0.25) is 0 Å². The zero-order chi connectivity index (χ0) is 22.1. The molecule has 30 heavy (non-hydrogen) atoms. The van der Waals surface area contributed by atoms with Crippen molar-refractivity contribution in [2.45, 2.75) is 37.0 Å². The van der Waals surface area contributed by atoms with Crippen molar-refractivity contribution in [3.63, 3.8) is 0 Å². The number of nitrogens with zero attached hydrogens (tertiary/aromatic N) is 2. The Morgan fingerprint density at radius 1 is 1.03 bits per heavy atom. The van der Waals surface area contributed by atoms with Gasteiger partial charge in [-0.05, 0) is 55.3 Å². The Balaban J connectivity index is 1.88. The summed E-state index contributed by atoms with van der Waals surface area (Å²) in [5.74, 6) is -1.33. The van der Waals surface area contributed by atoms with Crippen molar-refractivity contribution in [3.8, 4) is 0 Å². The first-order valence-electron chi connectivity index (χ1n) is 8.96. The van der Waals surface area contributed by atoms with Gasteiger partial charge < -0.3 is 4.90 Å². The van der Waals surface area contributed by atoms with E-state index in [1.807, 2.05) is 0 Å². The summed E-state index contributed by atoms with van der Waals surface area (Å²) >= 11 is 0.555. The van der Waals surface area contributed by atoms with E-state index in [0.717, 1.165) is 18.2 Å². The van der Waals surface area contributed by atoms with Gasteiger partial charge in [-0.2, -0.15) is 26.3 Å². The SMILES string of the molecule is Cc1cc(F)c(/N=C2\CCCN2c2ccc(C(F)(F)F)cc2)cc1SCC(F)(F)F. The van der Waals surface area contributed by atoms with Crippen molar-refractivity contribution in [3.05, 3.63) is 53.3 Å². The van der Waals surface area contributed by atoms with E-state index in [2.05, 4.69) is 4.99 Å². The molecule has 1 fully saturated rings. The largest absolute Gasteiger partial charge is 0.416 e. The molecule has 1 heterocycles. The van der Waals surface area contributed by atoms with Crippen LogP contribution in [-0.4, -0.2) is 24.3 Å². The minimum Gasteiger partial charge on any atom is -0.330 e. The van der Waals surface area contributed by atoms with Crippen molar-refractivity contribution < 1.29 is 30.7 Å². The summed E-state index contributed by atoms with van der Waals surface area (Å²) in [6.07, 6.45) is -7.67. The quantitative estimate of drug-likeness (QED) is 0.364. The highest BCUT2D eigenvalue weighted by Crippen LogP contribution is 2.35. The molecule has 2 nitrogen and oxygen atoms in total. The maximum Gasteiger partial charge on any atom is 0.416 e. The van der Waals surface area contributed by atoms with E-state index in [1.165, 1.54) is 25.1 Å². The van der Waals surface area contributed by atoms with Crippen molar-refractivity contribution in [2.24, 2.45) is 4.99 Å². The fourth-order valence-electron chi connectivity index (χ4n) is 3.07. The highest BCUT2D eigenvalue weighted by Gasteiger charge is 2.31. The van der Waals surface area contributed by atoms with Crippen molar-refractivity contribution >= 4 is 29.0 Å². The zero-order valence-corrected chi connectivity index (χ0v) is 16.6. The van der Waals surface area contributed by atoms with Gasteiger partial charge >= 0.3 is 12.4 Å². The molecule has 1 saturated heterocycles. The smallest absolute Gasteiger partial charge is 0.330 e. The summed E-state index contributed by atoms with van der Waals surface area (Å²) in [5.41, 5.74) is -0.0194. The number of halogens is 7. The zero-order valence-electron chi connectivity index (χ0n) is 15.7. The number of rotatable bonds is 4. The Morgan fingerprint density at radius 2 is 1.70 bits per heavy atom. The Hall–Kier alpha value is -2.23. The number of thioether (sulfide) groups is 1. The van der Waals surface area contributed by atoms with Crippen LogP contribution in [0, 0.1) is 12.7 Å². The lowest BCUT2D eigenvalue weighted by atomic mass is 10.2. The summed E-state index contributed by atoms with van der Waals surface area (Å²) in [5, 5.41) is 0. The second-order valence-electron chi connectivity index (χ2n) is 6.80. The van der Waals surface area contributed by atoms with Crippen LogP contribution in [0.1, 0.15) is 24.0 Å². The summed E-state index contributed by atoms with van der Waals surface area (Å²) in [7, 11) is 0. The fraction of sp³-hybridized carbons (Fsp3) is 0.350. The van der Waals surface area contributed by atoms with Crippen LogP contribution >= 0.6 is 11.8 Å². The van der Waals surface area contributed by atoms with Crippen LogP contribution in [-0.2, 0) is 6.18 Å². The van der Waals surface area contributed by atoms with Gasteiger partial charge in [0.15, 0.2) is 0 Å². The molecule has 162 valence electrons. The van der Waals surface area contributed by atoms with Gasteiger partial charge in [0.1, 0.15) is 17.3 Å². The van der Waals surface area contributed by atoms with Gasteiger partial charge in [0.05, 0.1) is 11.3 Å². The minimum absolute atomic E-state index is 0.0981. The highest BCUT2D eigenvalue weighted by molar-refractivity contribution is 7.99. The number of benzene rings is 2. The minimum atomic E-state index is -4.45. The van der Waals surface area contributed by atoms with Gasteiger partial charge in [0.25, 0.3) is 0 Å². The summed E-state index contributed by atoms with van der Waals surface area (Å²) < 4.78 is 90.2. The molecule has 0 aromatic heterocycles. The second-order valence-corrected chi connectivity index (χ2v) is 7.82. The number of aliphatic imine (C=N–C) groups is 1. The first kappa shape index (κ1) is 22.5. The van der Waals surface area contributed by atoms with Crippen LogP contribution in [0.15, 0.2) is 46.3 Å². The Morgan fingerprint density at radius 3 is 2.30 bits per heavy atom. The fourth-order valence-corrected chi connectivity index (χ4v) is 3.87. The van der Waals surface area contributed by atoms with Crippen LogP contribution in [0.25, 0.3) is 0 Å². The Bertz CT molecular complexity index is 934. The lowest BCUT2D eigenvalue weighted by Gasteiger charge is -2.20. The number of hydrogen-bond donors (Lipinski definition) is 0. The number of hydrogen-bond acceptors (Lipinski definition) is 2. The molecule has 10 heteroatoms. The molecule has 2 aromatic rings. The lowest BCUT2D eigenvalue weighted by Crippen LogP contribution is -2.24. The van der Waals surface area contributed by atoms with Gasteiger partial charge in [-0.15, -0.1) is 11.8 Å². The standard InChI is InChI=1S/C20H17F7N2S/c1-12-9-15(21)16(10-17(12)30-11-19(22,23)24)28-18-3-2-8-29(18)14-6-4-13(5-7-14)20(25,26)27/h4-7,9-10H,2-3,8,11H2,1H3/b28-18+. The summed E-state index contributed by atoms with van der Waals surface area (Å²) in [6, 6.07) is 6.97. The number of amidine groups is 1. The monoisotopic (exact) mass is 450 g/mol. The number of aryl methyl sites for hydroxylation is 1. The predicted octanol–water partition coefficient (Wildman–Crippen LogP) is 7.14. The molecule has 0 radical (unpaired) electrons. The molecule has 0 unspecified atom stereocenters. The molecule has 0 bridgehead atoms.